The molecule has 0 saturated carbocycles. The second-order valence-electron chi connectivity index (χ2n) is 3.53. The zero-order valence-corrected chi connectivity index (χ0v) is 9.60. The van der Waals surface area contributed by atoms with Crippen molar-refractivity contribution in [1.29, 1.82) is 5.26 Å². The van der Waals surface area contributed by atoms with Gasteiger partial charge < -0.3 is 10.6 Å². The second-order valence-corrected chi connectivity index (χ2v) is 3.53. The van der Waals surface area contributed by atoms with E-state index in [9.17, 15) is 10.1 Å². The number of hydrogen-bond acceptors (Lipinski definition) is 6. The number of likely N-dealkylation sites (N-methyl/N-ethyl adjacent to an activating group) is 1. The Morgan fingerprint density at radius 2 is 2.41 bits per heavy atom. The van der Waals surface area contributed by atoms with E-state index >= 15 is 0 Å². The molecular weight excluding hydrogens is 222 g/mol. The molecule has 1 heterocycles. The number of nitrogens with zero attached hydrogens (tertiary/aromatic N) is 3. The lowest BCUT2D eigenvalue weighted by Crippen LogP contribution is -2.29. The third-order valence-electron chi connectivity index (χ3n) is 2.26. The van der Waals surface area contributed by atoms with Crippen LogP contribution in [-0.2, 0) is 0 Å². The van der Waals surface area contributed by atoms with Crippen LogP contribution in [0, 0.1) is 21.4 Å². The predicted octanol–water partition coefficient (Wildman–Crippen LogP) is 0.881. The number of anilines is 1. The highest BCUT2D eigenvalue weighted by atomic mass is 16.6. The average Bonchev–Trinajstić information content (AvgIpc) is 2.35. The first kappa shape index (κ1) is 12.9. The van der Waals surface area contributed by atoms with Gasteiger partial charge >= 0.3 is 5.69 Å². The van der Waals surface area contributed by atoms with Crippen molar-refractivity contribution in [1.82, 2.24) is 10.3 Å². The van der Waals surface area contributed by atoms with Gasteiger partial charge in [-0.2, -0.15) is 5.26 Å². The summed E-state index contributed by atoms with van der Waals surface area (Å²) >= 11 is 0. The van der Waals surface area contributed by atoms with Gasteiger partial charge in [-0.3, -0.25) is 10.1 Å². The molecule has 0 aliphatic carbocycles. The Hall–Kier alpha value is -2.20. The molecule has 1 atom stereocenters. The summed E-state index contributed by atoms with van der Waals surface area (Å²) in [6.07, 6.45) is 1.30. The Kier molecular flexibility index (Phi) is 4.37. The normalized spacial score (nSPS) is 11.6. The molecule has 1 aromatic rings. The van der Waals surface area contributed by atoms with Crippen molar-refractivity contribution in [3.05, 3.63) is 27.9 Å². The molecule has 0 spiro atoms. The van der Waals surface area contributed by atoms with E-state index in [1.807, 2.05) is 13.0 Å². The quantitative estimate of drug-likeness (QED) is 0.580. The molecule has 0 saturated heterocycles. The number of rotatable bonds is 5. The van der Waals surface area contributed by atoms with Gasteiger partial charge in [0.25, 0.3) is 0 Å². The van der Waals surface area contributed by atoms with Gasteiger partial charge in [0.05, 0.1) is 10.5 Å². The van der Waals surface area contributed by atoms with Crippen molar-refractivity contribution in [2.75, 3.05) is 18.9 Å². The van der Waals surface area contributed by atoms with E-state index < -0.39 is 4.92 Å². The highest BCUT2D eigenvalue weighted by Gasteiger charge is 2.16. The number of pyridine rings is 1. The Balaban J connectivity index is 2.92. The van der Waals surface area contributed by atoms with Gasteiger partial charge in [-0.05, 0) is 14.0 Å². The molecule has 1 unspecified atom stereocenters. The molecule has 1 rings (SSSR count). The van der Waals surface area contributed by atoms with Crippen molar-refractivity contribution in [3.63, 3.8) is 0 Å². The van der Waals surface area contributed by atoms with Crippen LogP contribution in [-0.4, -0.2) is 29.5 Å². The van der Waals surface area contributed by atoms with Gasteiger partial charge in [0.1, 0.15) is 6.07 Å². The molecule has 7 nitrogen and oxygen atoms in total. The number of nitriles is 1. The summed E-state index contributed by atoms with van der Waals surface area (Å²) in [4.78, 5) is 14.1. The van der Waals surface area contributed by atoms with Gasteiger partial charge in [-0.1, -0.05) is 0 Å². The van der Waals surface area contributed by atoms with Gasteiger partial charge in [0, 0.05) is 24.8 Å². The van der Waals surface area contributed by atoms with E-state index in [0.717, 1.165) is 0 Å². The molecule has 17 heavy (non-hydrogen) atoms. The van der Waals surface area contributed by atoms with Crippen LogP contribution in [0.1, 0.15) is 12.5 Å². The molecule has 0 aromatic carbocycles. The predicted molar refractivity (Wildman–Crippen MR) is 62.6 cm³/mol. The SMILES string of the molecule is CNC(C)CNc1ncc(C#N)cc1[N+](=O)[O-]. The molecule has 0 bridgehead atoms. The van der Waals surface area contributed by atoms with Crippen molar-refractivity contribution >= 4 is 11.5 Å². The zero-order valence-electron chi connectivity index (χ0n) is 9.60. The average molecular weight is 235 g/mol. The summed E-state index contributed by atoms with van der Waals surface area (Å²) in [5, 5.41) is 25.3. The number of nitrogens with one attached hydrogen (secondary N) is 2. The van der Waals surface area contributed by atoms with Crippen molar-refractivity contribution in [2.45, 2.75) is 13.0 Å². The number of nitro groups is 1. The fourth-order valence-corrected chi connectivity index (χ4v) is 1.14. The van der Waals surface area contributed by atoms with Gasteiger partial charge in [-0.15, -0.1) is 0 Å². The van der Waals surface area contributed by atoms with Crippen LogP contribution in [0.15, 0.2) is 12.3 Å². The lowest BCUT2D eigenvalue weighted by atomic mass is 10.2. The third kappa shape index (κ3) is 3.39. The molecule has 90 valence electrons. The lowest BCUT2D eigenvalue weighted by molar-refractivity contribution is -0.384. The Bertz CT molecular complexity index is 454. The van der Waals surface area contributed by atoms with Gasteiger partial charge in [-0.25, -0.2) is 4.98 Å². The summed E-state index contributed by atoms with van der Waals surface area (Å²) in [7, 11) is 1.80. The monoisotopic (exact) mass is 235 g/mol. The van der Waals surface area contributed by atoms with Crippen molar-refractivity contribution in [3.8, 4) is 6.07 Å². The molecule has 0 fully saturated rings. The summed E-state index contributed by atoms with van der Waals surface area (Å²) in [5.41, 5.74) is -0.0173. The fourth-order valence-electron chi connectivity index (χ4n) is 1.14. The Morgan fingerprint density at radius 1 is 1.71 bits per heavy atom. The largest absolute Gasteiger partial charge is 0.363 e. The number of aromatic nitrogens is 1. The van der Waals surface area contributed by atoms with Crippen LogP contribution in [0.5, 0.6) is 0 Å². The Labute approximate surface area is 98.6 Å². The van der Waals surface area contributed by atoms with E-state index in [1.54, 1.807) is 7.05 Å². The van der Waals surface area contributed by atoms with Crippen LogP contribution in [0.4, 0.5) is 11.5 Å². The molecular formula is C10H13N5O2. The minimum atomic E-state index is -0.555. The van der Waals surface area contributed by atoms with E-state index in [-0.39, 0.29) is 23.1 Å². The highest BCUT2D eigenvalue weighted by Crippen LogP contribution is 2.22. The standard InChI is InChI=1S/C10H13N5O2/c1-7(12-2)5-13-10-9(15(16)17)3-8(4-11)6-14-10/h3,6-7,12H,5H2,1-2H3,(H,13,14). The first-order valence-electron chi connectivity index (χ1n) is 5.04. The first-order valence-corrected chi connectivity index (χ1v) is 5.04. The van der Waals surface area contributed by atoms with Crippen LogP contribution >= 0.6 is 0 Å². The third-order valence-corrected chi connectivity index (χ3v) is 2.26. The van der Waals surface area contributed by atoms with Crippen molar-refractivity contribution < 1.29 is 4.92 Å². The maximum Gasteiger partial charge on any atom is 0.312 e. The maximum atomic E-state index is 10.8. The second kappa shape index (κ2) is 5.77. The topological polar surface area (TPSA) is 104 Å². The molecule has 0 radical (unpaired) electrons. The Morgan fingerprint density at radius 3 is 2.94 bits per heavy atom. The summed E-state index contributed by atoms with van der Waals surface area (Å²) < 4.78 is 0. The first-order chi connectivity index (χ1) is 8.08. The highest BCUT2D eigenvalue weighted by molar-refractivity contribution is 5.58. The molecule has 7 heteroatoms. The molecule has 2 N–H and O–H groups in total. The summed E-state index contributed by atoms with van der Waals surface area (Å²) in [6.45, 7) is 2.44. The molecule has 0 amide bonds. The van der Waals surface area contributed by atoms with Crippen LogP contribution in [0.25, 0.3) is 0 Å². The van der Waals surface area contributed by atoms with Crippen molar-refractivity contribution in [2.24, 2.45) is 0 Å². The smallest absolute Gasteiger partial charge is 0.312 e. The van der Waals surface area contributed by atoms with Crippen LogP contribution in [0.3, 0.4) is 0 Å². The minimum absolute atomic E-state index is 0.159. The fraction of sp³-hybridized carbons (Fsp3) is 0.400. The minimum Gasteiger partial charge on any atom is -0.363 e. The lowest BCUT2D eigenvalue weighted by Gasteiger charge is -2.11. The van der Waals surface area contributed by atoms with Crippen LogP contribution in [0.2, 0.25) is 0 Å². The van der Waals surface area contributed by atoms with E-state index in [2.05, 4.69) is 15.6 Å². The number of hydrogen-bond donors (Lipinski definition) is 2. The maximum absolute atomic E-state index is 10.8. The molecule has 1 aromatic heterocycles. The van der Waals surface area contributed by atoms with Crippen LogP contribution < -0.4 is 10.6 Å². The molecule has 0 aliphatic rings. The summed E-state index contributed by atoms with van der Waals surface area (Å²) in [5.74, 6) is 0.177. The molecule has 0 aliphatic heterocycles. The van der Waals surface area contributed by atoms with Gasteiger partial charge in [0.2, 0.25) is 5.82 Å². The van der Waals surface area contributed by atoms with E-state index in [0.29, 0.717) is 6.54 Å². The van der Waals surface area contributed by atoms with E-state index in [1.165, 1.54) is 12.3 Å². The summed E-state index contributed by atoms with van der Waals surface area (Å²) in [6, 6.07) is 3.19. The van der Waals surface area contributed by atoms with E-state index in [4.69, 9.17) is 5.26 Å². The van der Waals surface area contributed by atoms with Gasteiger partial charge in [0.15, 0.2) is 0 Å². The zero-order chi connectivity index (χ0) is 12.8.